The number of nitrogens with one attached hydrogen (secondary N) is 1. The van der Waals surface area contributed by atoms with Gasteiger partial charge < -0.3 is 0 Å². The Morgan fingerprint density at radius 3 is 2.69 bits per heavy atom. The summed E-state index contributed by atoms with van der Waals surface area (Å²) in [7, 11) is -3.97. The van der Waals surface area contributed by atoms with Crippen molar-refractivity contribution < 1.29 is 22.0 Å². The second-order valence-corrected chi connectivity index (χ2v) is 9.20. The number of carbonyl (C=O) groups is 1. The molecule has 1 amide bonds. The molecule has 3 N–H and O–H groups in total. The first-order valence-corrected chi connectivity index (χ1v) is 11.5. The molecule has 11 heteroatoms. The third-order valence-electron chi connectivity index (χ3n) is 5.24. The monoisotopic (exact) mass is 461 g/mol. The van der Waals surface area contributed by atoms with Gasteiger partial charge in [-0.3, -0.25) is 15.2 Å². The largest absolute Gasteiger partial charge is 0.285 e. The number of fused-ring (bicyclic) bond motifs is 1. The zero-order valence-electron chi connectivity index (χ0n) is 17.0. The van der Waals surface area contributed by atoms with E-state index in [1.165, 1.54) is 23.2 Å². The number of rotatable bonds is 4. The second kappa shape index (κ2) is 8.49. The highest BCUT2D eigenvalue weighted by molar-refractivity contribution is 7.89. The third-order valence-corrected chi connectivity index (χ3v) is 6.15. The van der Waals surface area contributed by atoms with Gasteiger partial charge in [0.1, 0.15) is 0 Å². The van der Waals surface area contributed by atoms with E-state index >= 15 is 0 Å². The molecule has 1 saturated heterocycles. The van der Waals surface area contributed by atoms with Gasteiger partial charge in [-0.1, -0.05) is 12.1 Å². The number of alkyl halides is 2. The van der Waals surface area contributed by atoms with Crippen LogP contribution in [0, 0.1) is 0 Å². The minimum atomic E-state index is -3.97. The Morgan fingerprint density at radius 1 is 1.09 bits per heavy atom. The third kappa shape index (κ3) is 4.90. The molecule has 0 aliphatic carbocycles. The Hall–Kier alpha value is -3.02. The Bertz CT molecular complexity index is 1280. The summed E-state index contributed by atoms with van der Waals surface area (Å²) in [5, 5.41) is 6.72. The number of hydrazine groups is 1. The van der Waals surface area contributed by atoms with Crippen molar-refractivity contribution in [3.63, 3.8) is 0 Å². The number of pyridine rings is 2. The van der Waals surface area contributed by atoms with Gasteiger partial charge >= 0.3 is 0 Å². The molecule has 32 heavy (non-hydrogen) atoms. The van der Waals surface area contributed by atoms with Crippen molar-refractivity contribution in [2.24, 2.45) is 5.14 Å². The van der Waals surface area contributed by atoms with Crippen LogP contribution in [0.4, 0.5) is 8.78 Å². The van der Waals surface area contributed by atoms with E-state index in [0.717, 1.165) is 0 Å². The van der Waals surface area contributed by atoms with E-state index in [-0.39, 0.29) is 48.5 Å². The Morgan fingerprint density at radius 2 is 1.91 bits per heavy atom. The molecular formula is C21H21F2N5O3S. The van der Waals surface area contributed by atoms with E-state index in [1.807, 2.05) is 0 Å². The van der Waals surface area contributed by atoms with Crippen LogP contribution in [0.1, 0.15) is 29.6 Å². The molecule has 2 aromatic heterocycles. The van der Waals surface area contributed by atoms with Crippen molar-refractivity contribution in [3.8, 4) is 11.3 Å². The van der Waals surface area contributed by atoms with E-state index in [9.17, 15) is 22.0 Å². The quantitative estimate of drug-likeness (QED) is 0.617. The minimum Gasteiger partial charge on any atom is -0.285 e. The van der Waals surface area contributed by atoms with Crippen molar-refractivity contribution in [2.45, 2.75) is 30.1 Å². The molecule has 168 valence electrons. The highest BCUT2D eigenvalue weighted by atomic mass is 32.2. The van der Waals surface area contributed by atoms with Crippen LogP contribution in [0.25, 0.3) is 22.3 Å². The first-order chi connectivity index (χ1) is 15.1. The highest BCUT2D eigenvalue weighted by Gasteiger charge is 2.32. The van der Waals surface area contributed by atoms with E-state index in [4.69, 9.17) is 5.14 Å². The Labute approximate surface area is 183 Å². The summed E-state index contributed by atoms with van der Waals surface area (Å²) < 4.78 is 50.9. The smallest absolute Gasteiger partial charge is 0.267 e. The number of benzene rings is 1. The molecule has 0 unspecified atom stereocenters. The summed E-state index contributed by atoms with van der Waals surface area (Å²) in [5.41, 5.74) is 4.39. The van der Waals surface area contributed by atoms with Crippen LogP contribution in [0.5, 0.6) is 0 Å². The van der Waals surface area contributed by atoms with Crippen LogP contribution < -0.4 is 10.6 Å². The molecular weight excluding hydrogens is 440 g/mol. The number of sulfonamides is 1. The summed E-state index contributed by atoms with van der Waals surface area (Å²) in [6, 6.07) is 10.8. The van der Waals surface area contributed by atoms with Gasteiger partial charge in [-0.15, -0.1) is 0 Å². The van der Waals surface area contributed by atoms with Crippen molar-refractivity contribution in [3.05, 3.63) is 54.2 Å². The average molecular weight is 461 g/mol. The Kier molecular flexibility index (Phi) is 5.89. The lowest BCUT2D eigenvalue weighted by Crippen LogP contribution is -2.43. The maximum Gasteiger partial charge on any atom is 0.267 e. The van der Waals surface area contributed by atoms with E-state index < -0.39 is 21.9 Å². The number of carbonyl (C=O) groups excluding carboxylic acids is 1. The maximum atomic E-state index is 13.7. The molecule has 8 nitrogen and oxygen atoms in total. The summed E-state index contributed by atoms with van der Waals surface area (Å²) >= 11 is 0. The first kappa shape index (κ1) is 22.2. The number of primary sulfonamides is 1. The molecule has 3 heterocycles. The molecule has 1 aromatic carbocycles. The zero-order valence-corrected chi connectivity index (χ0v) is 17.8. The van der Waals surface area contributed by atoms with Gasteiger partial charge in [0, 0.05) is 37.7 Å². The standard InChI is InChI=1S/C21H21F2N5O3S/c22-21(23)7-3-10-28(11-8-21)27-20(29)16-13-18-17(6-2-9-25-18)26-19(16)14-4-1-5-15(12-14)32(24,30)31/h1-2,4-6,9,12-13H,3,7-8,10-11H2,(H,27,29)(H2,24,30,31). The van der Waals surface area contributed by atoms with Crippen molar-refractivity contribution in [1.82, 2.24) is 20.4 Å². The van der Waals surface area contributed by atoms with Crippen molar-refractivity contribution in [2.75, 3.05) is 13.1 Å². The zero-order chi connectivity index (χ0) is 22.9. The van der Waals surface area contributed by atoms with Gasteiger partial charge in [-0.25, -0.2) is 32.3 Å². The van der Waals surface area contributed by atoms with Crippen LogP contribution in [-0.4, -0.2) is 48.3 Å². The van der Waals surface area contributed by atoms with Crippen LogP contribution >= 0.6 is 0 Å². The predicted octanol–water partition coefficient (Wildman–Crippen LogP) is 2.71. The number of amides is 1. The van der Waals surface area contributed by atoms with E-state index in [0.29, 0.717) is 16.6 Å². The van der Waals surface area contributed by atoms with Gasteiger partial charge in [0.25, 0.3) is 5.91 Å². The SMILES string of the molecule is NS(=O)(=O)c1cccc(-c2nc3cccnc3cc2C(=O)NN2CCCC(F)(F)CC2)c1. The number of nitrogens with two attached hydrogens (primary N) is 1. The molecule has 1 fully saturated rings. The average Bonchev–Trinajstić information content (AvgIpc) is 2.92. The van der Waals surface area contributed by atoms with Gasteiger partial charge in [0.15, 0.2) is 0 Å². The van der Waals surface area contributed by atoms with Crippen molar-refractivity contribution >= 4 is 27.0 Å². The van der Waals surface area contributed by atoms with Gasteiger partial charge in [0.2, 0.25) is 15.9 Å². The van der Waals surface area contributed by atoms with Crippen molar-refractivity contribution in [1.29, 1.82) is 0 Å². The molecule has 1 aliphatic rings. The molecule has 3 aromatic rings. The topological polar surface area (TPSA) is 118 Å². The molecule has 0 bridgehead atoms. The van der Waals surface area contributed by atoms with Crippen LogP contribution in [0.15, 0.2) is 53.6 Å². The maximum absolute atomic E-state index is 13.7. The van der Waals surface area contributed by atoms with Gasteiger partial charge in [-0.05, 0) is 36.8 Å². The van der Waals surface area contributed by atoms with Crippen LogP contribution in [-0.2, 0) is 10.0 Å². The lowest BCUT2D eigenvalue weighted by Gasteiger charge is -2.22. The normalized spacial score (nSPS) is 17.1. The molecule has 0 radical (unpaired) electrons. The number of aromatic nitrogens is 2. The van der Waals surface area contributed by atoms with Gasteiger partial charge in [-0.2, -0.15) is 0 Å². The van der Waals surface area contributed by atoms with Crippen LogP contribution in [0.3, 0.4) is 0 Å². The molecule has 1 aliphatic heterocycles. The minimum absolute atomic E-state index is 0.00817. The lowest BCUT2D eigenvalue weighted by molar-refractivity contribution is -0.0143. The fourth-order valence-electron chi connectivity index (χ4n) is 3.59. The number of nitrogens with zero attached hydrogens (tertiary/aromatic N) is 3. The summed E-state index contributed by atoms with van der Waals surface area (Å²) in [4.78, 5) is 21.8. The summed E-state index contributed by atoms with van der Waals surface area (Å²) in [6.45, 7) is 0.297. The number of hydrogen-bond acceptors (Lipinski definition) is 6. The van der Waals surface area contributed by atoms with Gasteiger partial charge in [0.05, 0.1) is 27.2 Å². The fraction of sp³-hybridized carbons (Fsp3) is 0.286. The molecule has 0 atom stereocenters. The molecule has 0 saturated carbocycles. The number of hydrogen-bond donors (Lipinski definition) is 2. The molecule has 0 spiro atoms. The second-order valence-electron chi connectivity index (χ2n) is 7.64. The molecule has 4 rings (SSSR count). The van der Waals surface area contributed by atoms with E-state index in [1.54, 1.807) is 30.5 Å². The highest BCUT2D eigenvalue weighted by Crippen LogP contribution is 2.29. The number of halogens is 2. The van der Waals surface area contributed by atoms with E-state index in [2.05, 4.69) is 15.4 Å². The Balaban J connectivity index is 1.74. The summed E-state index contributed by atoms with van der Waals surface area (Å²) in [6.07, 6.45) is 1.22. The lowest BCUT2D eigenvalue weighted by atomic mass is 10.0. The predicted molar refractivity (Wildman–Crippen MR) is 114 cm³/mol. The van der Waals surface area contributed by atoms with Crippen LogP contribution in [0.2, 0.25) is 0 Å². The fourth-order valence-corrected chi connectivity index (χ4v) is 4.15. The summed E-state index contributed by atoms with van der Waals surface area (Å²) in [5.74, 6) is -3.31. The first-order valence-electron chi connectivity index (χ1n) is 9.95.